The van der Waals surface area contributed by atoms with Gasteiger partial charge in [-0.25, -0.2) is 8.78 Å². The highest BCUT2D eigenvalue weighted by Gasteiger charge is 2.21. The van der Waals surface area contributed by atoms with Crippen LogP contribution in [0.3, 0.4) is 0 Å². The second-order valence-corrected chi connectivity index (χ2v) is 5.25. The van der Waals surface area contributed by atoms with Crippen molar-refractivity contribution in [3.63, 3.8) is 0 Å². The first-order chi connectivity index (χ1) is 9.59. The van der Waals surface area contributed by atoms with Gasteiger partial charge in [0.05, 0.1) is 6.04 Å². The van der Waals surface area contributed by atoms with Crippen molar-refractivity contribution in [1.29, 1.82) is 0 Å². The van der Waals surface area contributed by atoms with E-state index in [0.29, 0.717) is 13.0 Å². The number of carbonyl (C=O) groups is 1. The third-order valence-electron chi connectivity index (χ3n) is 3.72. The van der Waals surface area contributed by atoms with Gasteiger partial charge < -0.3 is 10.6 Å². The highest BCUT2D eigenvalue weighted by molar-refractivity contribution is 5.76. The van der Waals surface area contributed by atoms with Crippen LogP contribution < -0.4 is 5.73 Å². The minimum atomic E-state index is -0.917. The number of halogens is 2. The van der Waals surface area contributed by atoms with E-state index in [1.165, 1.54) is 12.1 Å². The van der Waals surface area contributed by atoms with Crippen LogP contribution in [0.5, 0.6) is 0 Å². The van der Waals surface area contributed by atoms with E-state index in [1.54, 1.807) is 4.90 Å². The summed E-state index contributed by atoms with van der Waals surface area (Å²) in [7, 11) is 0. The van der Waals surface area contributed by atoms with Crippen molar-refractivity contribution in [2.24, 2.45) is 5.73 Å². The number of nitrogens with zero attached hydrogens (tertiary/aromatic N) is 1. The highest BCUT2D eigenvalue weighted by atomic mass is 19.2. The van der Waals surface area contributed by atoms with Crippen molar-refractivity contribution in [2.75, 3.05) is 13.1 Å². The Morgan fingerprint density at radius 1 is 1.20 bits per heavy atom. The molecule has 1 aromatic rings. The van der Waals surface area contributed by atoms with Gasteiger partial charge in [-0.05, 0) is 18.9 Å². The number of rotatable bonds is 3. The molecule has 1 amide bonds. The monoisotopic (exact) mass is 282 g/mol. The minimum Gasteiger partial charge on any atom is -0.341 e. The summed E-state index contributed by atoms with van der Waals surface area (Å²) in [5, 5.41) is 0. The molecular formula is C15H20F2N2O. The van der Waals surface area contributed by atoms with Crippen molar-refractivity contribution in [2.45, 2.75) is 38.1 Å². The summed E-state index contributed by atoms with van der Waals surface area (Å²) < 4.78 is 26.9. The van der Waals surface area contributed by atoms with Crippen molar-refractivity contribution in [3.05, 3.63) is 35.4 Å². The number of benzene rings is 1. The lowest BCUT2D eigenvalue weighted by Crippen LogP contribution is -2.38. The number of amides is 1. The normalized spacial score (nSPS) is 18.6. The van der Waals surface area contributed by atoms with Crippen LogP contribution in [0.4, 0.5) is 8.78 Å². The minimum absolute atomic E-state index is 0.0527. The lowest BCUT2D eigenvalue weighted by Gasteiger charge is -2.28. The summed E-state index contributed by atoms with van der Waals surface area (Å²) in [5.41, 5.74) is 6.07. The van der Waals surface area contributed by atoms with Gasteiger partial charge >= 0.3 is 0 Å². The quantitative estimate of drug-likeness (QED) is 0.926. The SMILES string of the molecule is NC(CN1CCCCCCC1=O)c1cccc(F)c1F. The summed E-state index contributed by atoms with van der Waals surface area (Å²) in [6, 6.07) is 3.27. The number of hydrogen-bond donors (Lipinski definition) is 1. The molecule has 0 saturated carbocycles. The van der Waals surface area contributed by atoms with Gasteiger partial charge in [0.1, 0.15) is 0 Å². The predicted molar refractivity (Wildman–Crippen MR) is 73.0 cm³/mol. The van der Waals surface area contributed by atoms with Gasteiger partial charge in [0.2, 0.25) is 5.91 Å². The topological polar surface area (TPSA) is 46.3 Å². The molecule has 2 N–H and O–H groups in total. The summed E-state index contributed by atoms with van der Waals surface area (Å²) in [6.45, 7) is 0.878. The third kappa shape index (κ3) is 3.54. The summed E-state index contributed by atoms with van der Waals surface area (Å²) in [5.74, 6) is -1.77. The maximum atomic E-state index is 13.7. The Balaban J connectivity index is 2.07. The molecular weight excluding hydrogens is 262 g/mol. The largest absolute Gasteiger partial charge is 0.341 e. The Hall–Kier alpha value is -1.49. The molecule has 1 aliphatic heterocycles. The molecule has 1 aliphatic rings. The molecule has 0 bridgehead atoms. The molecule has 20 heavy (non-hydrogen) atoms. The fourth-order valence-electron chi connectivity index (χ4n) is 2.55. The Kier molecular flexibility index (Phi) is 5.06. The zero-order chi connectivity index (χ0) is 14.5. The van der Waals surface area contributed by atoms with Gasteiger partial charge in [0.15, 0.2) is 11.6 Å². The van der Waals surface area contributed by atoms with E-state index in [4.69, 9.17) is 5.73 Å². The van der Waals surface area contributed by atoms with E-state index in [2.05, 4.69) is 0 Å². The van der Waals surface area contributed by atoms with Crippen molar-refractivity contribution in [3.8, 4) is 0 Å². The molecule has 1 heterocycles. The molecule has 3 nitrogen and oxygen atoms in total. The molecule has 2 rings (SSSR count). The first-order valence-electron chi connectivity index (χ1n) is 7.07. The molecule has 1 saturated heterocycles. The maximum absolute atomic E-state index is 13.7. The Bertz CT molecular complexity index is 479. The van der Waals surface area contributed by atoms with Crippen LogP contribution in [0.1, 0.15) is 43.7 Å². The van der Waals surface area contributed by atoms with Crippen LogP contribution in [0.15, 0.2) is 18.2 Å². The molecule has 0 radical (unpaired) electrons. The van der Waals surface area contributed by atoms with E-state index >= 15 is 0 Å². The number of likely N-dealkylation sites (tertiary alicyclic amines) is 1. The lowest BCUT2D eigenvalue weighted by atomic mass is 10.0. The molecule has 0 aromatic heterocycles. The van der Waals surface area contributed by atoms with Crippen LogP contribution in [-0.4, -0.2) is 23.9 Å². The van der Waals surface area contributed by atoms with E-state index in [1.807, 2.05) is 0 Å². The van der Waals surface area contributed by atoms with Gasteiger partial charge in [0, 0.05) is 25.1 Å². The van der Waals surface area contributed by atoms with E-state index < -0.39 is 17.7 Å². The van der Waals surface area contributed by atoms with Crippen LogP contribution in [0, 0.1) is 11.6 Å². The fourth-order valence-corrected chi connectivity index (χ4v) is 2.55. The van der Waals surface area contributed by atoms with Gasteiger partial charge in [-0.3, -0.25) is 4.79 Å². The van der Waals surface area contributed by atoms with Crippen molar-refractivity contribution < 1.29 is 13.6 Å². The zero-order valence-electron chi connectivity index (χ0n) is 11.4. The van der Waals surface area contributed by atoms with Crippen molar-refractivity contribution in [1.82, 2.24) is 4.90 Å². The van der Waals surface area contributed by atoms with Gasteiger partial charge in [-0.2, -0.15) is 0 Å². The highest BCUT2D eigenvalue weighted by Crippen LogP contribution is 2.20. The van der Waals surface area contributed by atoms with Gasteiger partial charge in [-0.1, -0.05) is 25.0 Å². The number of hydrogen-bond acceptors (Lipinski definition) is 2. The van der Waals surface area contributed by atoms with Gasteiger partial charge in [-0.15, -0.1) is 0 Å². The number of nitrogens with two attached hydrogens (primary N) is 1. The van der Waals surface area contributed by atoms with Crippen LogP contribution in [0.25, 0.3) is 0 Å². The standard InChI is InChI=1S/C15H20F2N2O/c16-12-7-5-6-11(15(12)17)13(18)10-19-9-4-2-1-3-8-14(19)20/h5-7,13H,1-4,8-10,18H2. The van der Waals surface area contributed by atoms with E-state index in [-0.39, 0.29) is 18.0 Å². The predicted octanol–water partition coefficient (Wildman–Crippen LogP) is 2.76. The Labute approximate surface area is 117 Å². The van der Waals surface area contributed by atoms with E-state index in [9.17, 15) is 13.6 Å². The van der Waals surface area contributed by atoms with Crippen LogP contribution >= 0.6 is 0 Å². The second-order valence-electron chi connectivity index (χ2n) is 5.25. The number of carbonyl (C=O) groups excluding carboxylic acids is 1. The molecule has 1 atom stereocenters. The van der Waals surface area contributed by atoms with Crippen LogP contribution in [-0.2, 0) is 4.79 Å². The van der Waals surface area contributed by atoms with Crippen LogP contribution in [0.2, 0.25) is 0 Å². The van der Waals surface area contributed by atoms with Gasteiger partial charge in [0.25, 0.3) is 0 Å². The second kappa shape index (κ2) is 6.79. The van der Waals surface area contributed by atoms with E-state index in [0.717, 1.165) is 31.7 Å². The lowest BCUT2D eigenvalue weighted by molar-refractivity contribution is -0.132. The molecule has 1 unspecified atom stereocenters. The molecule has 0 aliphatic carbocycles. The summed E-state index contributed by atoms with van der Waals surface area (Å²) in [4.78, 5) is 13.7. The average Bonchev–Trinajstić information content (AvgIpc) is 2.41. The molecule has 5 heteroatoms. The molecule has 1 fully saturated rings. The Morgan fingerprint density at radius 3 is 2.75 bits per heavy atom. The smallest absolute Gasteiger partial charge is 0.222 e. The average molecular weight is 282 g/mol. The first-order valence-corrected chi connectivity index (χ1v) is 7.07. The fraction of sp³-hybridized carbons (Fsp3) is 0.533. The summed E-state index contributed by atoms with van der Waals surface area (Å²) >= 11 is 0. The Morgan fingerprint density at radius 2 is 1.95 bits per heavy atom. The van der Waals surface area contributed by atoms with Crippen molar-refractivity contribution >= 4 is 5.91 Å². The zero-order valence-corrected chi connectivity index (χ0v) is 11.4. The first kappa shape index (κ1) is 14.9. The molecule has 1 aromatic carbocycles. The third-order valence-corrected chi connectivity index (χ3v) is 3.72. The molecule has 0 spiro atoms. The molecule has 110 valence electrons. The maximum Gasteiger partial charge on any atom is 0.222 e. The summed E-state index contributed by atoms with van der Waals surface area (Å²) in [6.07, 6.45) is 4.50.